The molecule has 0 aromatic carbocycles. The zero-order chi connectivity index (χ0) is 25.2. The van der Waals surface area contributed by atoms with Crippen LogP contribution >= 0.6 is 0 Å². The van der Waals surface area contributed by atoms with Crippen molar-refractivity contribution in [1.29, 1.82) is 0 Å². The molecule has 4 heterocycles. The molecule has 0 spiro atoms. The van der Waals surface area contributed by atoms with Crippen molar-refractivity contribution in [3.05, 3.63) is 57.8 Å². The van der Waals surface area contributed by atoms with Crippen LogP contribution in [0.2, 0.25) is 0 Å². The zero-order valence-electron chi connectivity index (χ0n) is 19.8. The maximum atomic E-state index is 13.2. The number of carbonyl (C=O) groups excluding carboxylic acids is 2. The first-order valence-corrected chi connectivity index (χ1v) is 10.7. The number of carboxylic acid groups (broad SMARTS) is 1. The van der Waals surface area contributed by atoms with Crippen molar-refractivity contribution in [2.45, 2.75) is 59.2 Å². The number of hydrogen-bond donors (Lipinski definition) is 2. The Morgan fingerprint density at radius 2 is 1.94 bits per heavy atom. The first-order valence-electron chi connectivity index (χ1n) is 10.7. The van der Waals surface area contributed by atoms with Gasteiger partial charge in [0, 0.05) is 23.7 Å². The van der Waals surface area contributed by atoms with Crippen LogP contribution in [0.25, 0.3) is 5.65 Å². The van der Waals surface area contributed by atoms with Gasteiger partial charge in [0.05, 0.1) is 17.8 Å². The minimum atomic E-state index is -0.347. The fourth-order valence-corrected chi connectivity index (χ4v) is 3.69. The van der Waals surface area contributed by atoms with Crippen molar-refractivity contribution in [1.82, 2.24) is 24.1 Å². The summed E-state index contributed by atoms with van der Waals surface area (Å²) < 4.78 is 2.91. The van der Waals surface area contributed by atoms with Crippen molar-refractivity contribution in [3.63, 3.8) is 0 Å². The van der Waals surface area contributed by atoms with Gasteiger partial charge in [-0.1, -0.05) is 26.8 Å². The third-order valence-corrected chi connectivity index (χ3v) is 5.39. The predicted molar refractivity (Wildman–Crippen MR) is 125 cm³/mol. The molecule has 0 radical (unpaired) electrons. The number of hydrogen-bond acceptors (Lipinski definition) is 6. The number of carbonyl (C=O) groups is 3. The summed E-state index contributed by atoms with van der Waals surface area (Å²) in [5.41, 5.74) is 1.12. The Morgan fingerprint density at radius 1 is 1.26 bits per heavy atom. The highest BCUT2D eigenvalue weighted by atomic mass is 16.3. The van der Waals surface area contributed by atoms with Crippen molar-refractivity contribution in [3.8, 4) is 0 Å². The van der Waals surface area contributed by atoms with Gasteiger partial charge in [-0.05, 0) is 26.0 Å². The average molecular weight is 469 g/mol. The molecule has 0 bridgehead atoms. The van der Waals surface area contributed by atoms with Crippen LogP contribution in [0, 0.1) is 0 Å². The Kier molecular flexibility index (Phi) is 6.85. The molecule has 0 atom stereocenters. The molecule has 2 amide bonds. The molecular formula is C23H28N6O5. The molecule has 34 heavy (non-hydrogen) atoms. The first kappa shape index (κ1) is 24.6. The molecular weight excluding hydrogens is 440 g/mol. The van der Waals surface area contributed by atoms with E-state index in [0.29, 0.717) is 22.7 Å². The van der Waals surface area contributed by atoms with E-state index in [1.54, 1.807) is 39.9 Å². The summed E-state index contributed by atoms with van der Waals surface area (Å²) in [5, 5.41) is 14.1. The van der Waals surface area contributed by atoms with Crippen LogP contribution < -0.4 is 10.9 Å². The number of amides is 2. The highest BCUT2D eigenvalue weighted by Gasteiger charge is 2.36. The number of pyridine rings is 1. The van der Waals surface area contributed by atoms with Gasteiger partial charge >= 0.3 is 0 Å². The van der Waals surface area contributed by atoms with Gasteiger partial charge < -0.3 is 19.9 Å². The zero-order valence-corrected chi connectivity index (χ0v) is 19.8. The molecule has 1 aliphatic rings. The number of anilines is 1. The molecule has 3 aromatic rings. The fourth-order valence-electron chi connectivity index (χ4n) is 3.69. The highest BCUT2D eigenvalue weighted by Crippen LogP contribution is 2.27. The van der Waals surface area contributed by atoms with Gasteiger partial charge in [-0.25, -0.2) is 4.98 Å². The van der Waals surface area contributed by atoms with Crippen LogP contribution in [0.5, 0.6) is 0 Å². The Hall–Kier alpha value is -4.02. The van der Waals surface area contributed by atoms with Crippen LogP contribution in [-0.4, -0.2) is 53.5 Å². The minimum absolute atomic E-state index is 0.0763. The Labute approximate surface area is 196 Å². The second-order valence-electron chi connectivity index (χ2n) is 9.16. The summed E-state index contributed by atoms with van der Waals surface area (Å²) in [5.74, 6) is -0.185. The molecule has 3 aromatic heterocycles. The van der Waals surface area contributed by atoms with E-state index in [9.17, 15) is 14.4 Å². The highest BCUT2D eigenvalue weighted by molar-refractivity contribution is 5.98. The van der Waals surface area contributed by atoms with Gasteiger partial charge in [0.1, 0.15) is 23.7 Å². The van der Waals surface area contributed by atoms with Crippen molar-refractivity contribution in [2.75, 3.05) is 5.32 Å². The van der Waals surface area contributed by atoms with Crippen LogP contribution in [0.15, 0.2) is 35.3 Å². The van der Waals surface area contributed by atoms with Gasteiger partial charge in [0.25, 0.3) is 17.9 Å². The maximum Gasteiger partial charge on any atom is 0.290 e. The number of fused-ring (bicyclic) bond motifs is 2. The molecule has 0 fully saturated rings. The molecule has 11 heteroatoms. The SMILES string of the molecule is CC(C)N1Cc2c(n(CC(=O)Nc3ccccn3)c3cc(C(C)(C)C)nn3c2=O)C1=O.O=CO. The van der Waals surface area contributed by atoms with E-state index in [-0.39, 0.29) is 54.1 Å². The van der Waals surface area contributed by atoms with E-state index in [1.165, 1.54) is 4.52 Å². The first-order chi connectivity index (χ1) is 16.0. The lowest BCUT2D eigenvalue weighted by atomic mass is 9.93. The molecule has 2 N–H and O–H groups in total. The molecule has 0 saturated carbocycles. The van der Waals surface area contributed by atoms with E-state index < -0.39 is 0 Å². The summed E-state index contributed by atoms with van der Waals surface area (Å²) in [6.07, 6.45) is 1.58. The lowest BCUT2D eigenvalue weighted by molar-refractivity contribution is -0.123. The van der Waals surface area contributed by atoms with Crippen molar-refractivity contribution < 1.29 is 19.5 Å². The Bertz CT molecular complexity index is 1290. The number of aromatic nitrogens is 4. The molecule has 1 aliphatic heterocycles. The summed E-state index contributed by atoms with van der Waals surface area (Å²) in [4.78, 5) is 53.3. The monoisotopic (exact) mass is 468 g/mol. The standard InChI is InChI=1S/C22H26N6O3.CH2O2/c1-13(2)26-11-14-19(21(26)31)27(12-17(29)24-16-8-6-7-9-23-16)18-10-15(22(3,4)5)25-28(18)20(14)30;2-1-3/h6-10,13H,11-12H2,1-5H3,(H,23,24,29);1H,(H,2,3). The minimum Gasteiger partial charge on any atom is -0.483 e. The maximum absolute atomic E-state index is 13.2. The summed E-state index contributed by atoms with van der Waals surface area (Å²) in [6.45, 7) is 9.59. The van der Waals surface area contributed by atoms with Crippen LogP contribution in [0.1, 0.15) is 56.4 Å². The van der Waals surface area contributed by atoms with Gasteiger partial charge in [0.15, 0.2) is 0 Å². The van der Waals surface area contributed by atoms with E-state index in [1.807, 2.05) is 34.6 Å². The quantitative estimate of drug-likeness (QED) is 0.558. The molecule has 0 saturated heterocycles. The predicted octanol–water partition coefficient (Wildman–Crippen LogP) is 1.89. The molecule has 11 nitrogen and oxygen atoms in total. The Morgan fingerprint density at radius 3 is 2.50 bits per heavy atom. The topological polar surface area (TPSA) is 139 Å². The molecule has 180 valence electrons. The van der Waals surface area contributed by atoms with Gasteiger partial charge in [-0.2, -0.15) is 9.61 Å². The van der Waals surface area contributed by atoms with Crippen LogP contribution in [0.3, 0.4) is 0 Å². The number of rotatable bonds is 4. The van der Waals surface area contributed by atoms with Gasteiger partial charge in [0.2, 0.25) is 5.91 Å². The van der Waals surface area contributed by atoms with Crippen molar-refractivity contribution in [2.24, 2.45) is 0 Å². The largest absolute Gasteiger partial charge is 0.483 e. The number of nitrogens with one attached hydrogen (secondary N) is 1. The second-order valence-corrected chi connectivity index (χ2v) is 9.16. The van der Waals surface area contributed by atoms with E-state index in [4.69, 9.17) is 9.90 Å². The van der Waals surface area contributed by atoms with Crippen LogP contribution in [-0.2, 0) is 28.1 Å². The lowest BCUT2D eigenvalue weighted by Gasteiger charge is -2.20. The number of nitrogens with zero attached hydrogens (tertiary/aromatic N) is 5. The second kappa shape index (κ2) is 9.46. The fraction of sp³-hybridized carbons (Fsp3) is 0.391. The third-order valence-electron chi connectivity index (χ3n) is 5.39. The molecule has 0 unspecified atom stereocenters. The van der Waals surface area contributed by atoms with Crippen LogP contribution in [0.4, 0.5) is 5.82 Å². The summed E-state index contributed by atoms with van der Waals surface area (Å²) in [7, 11) is 0. The lowest BCUT2D eigenvalue weighted by Crippen LogP contribution is -2.32. The normalized spacial score (nSPS) is 13.0. The third kappa shape index (κ3) is 4.68. The van der Waals surface area contributed by atoms with Crippen molar-refractivity contribution >= 4 is 29.8 Å². The van der Waals surface area contributed by atoms with E-state index in [2.05, 4.69) is 15.4 Å². The van der Waals surface area contributed by atoms with E-state index >= 15 is 0 Å². The summed E-state index contributed by atoms with van der Waals surface area (Å²) >= 11 is 0. The average Bonchev–Trinajstić information content (AvgIpc) is 3.35. The smallest absolute Gasteiger partial charge is 0.290 e. The molecule has 0 aliphatic carbocycles. The van der Waals surface area contributed by atoms with Gasteiger partial charge in [-0.3, -0.25) is 19.2 Å². The summed E-state index contributed by atoms with van der Waals surface area (Å²) in [6, 6.07) is 6.92. The molecule has 4 rings (SSSR count). The van der Waals surface area contributed by atoms with E-state index in [0.717, 1.165) is 0 Å². The Balaban J connectivity index is 0.00000103. The van der Waals surface area contributed by atoms with Gasteiger partial charge in [-0.15, -0.1) is 0 Å².